The van der Waals surface area contributed by atoms with Gasteiger partial charge in [0.15, 0.2) is 11.5 Å². The van der Waals surface area contributed by atoms with Gasteiger partial charge in [-0.3, -0.25) is 14.9 Å². The van der Waals surface area contributed by atoms with E-state index in [0.717, 1.165) is 21.6 Å². The summed E-state index contributed by atoms with van der Waals surface area (Å²) >= 11 is 9.76. The molecule has 4 rings (SSSR count). The summed E-state index contributed by atoms with van der Waals surface area (Å²) in [6.45, 7) is 6.15. The molecule has 0 unspecified atom stereocenters. The van der Waals surface area contributed by atoms with Gasteiger partial charge in [-0.15, -0.1) is 0 Å². The van der Waals surface area contributed by atoms with E-state index in [4.69, 9.17) is 21.1 Å². The maximum atomic E-state index is 13.3. The topological polar surface area (TPSA) is 84.9 Å². The van der Waals surface area contributed by atoms with Crippen molar-refractivity contribution in [3.63, 3.8) is 0 Å². The molecule has 3 aromatic carbocycles. The van der Waals surface area contributed by atoms with Crippen LogP contribution in [0.15, 0.2) is 64.6 Å². The lowest BCUT2D eigenvalue weighted by molar-refractivity contribution is -0.122. The molecular weight excluding hydrogens is 560 g/mol. The zero-order valence-electron chi connectivity index (χ0n) is 20.4. The fourth-order valence-electron chi connectivity index (χ4n) is 3.98. The van der Waals surface area contributed by atoms with Crippen LogP contribution in [0.2, 0.25) is 5.02 Å². The van der Waals surface area contributed by atoms with Crippen LogP contribution < -0.4 is 19.7 Å². The van der Waals surface area contributed by atoms with Gasteiger partial charge in [0.05, 0.1) is 16.8 Å². The van der Waals surface area contributed by atoms with Crippen LogP contribution in [0.3, 0.4) is 0 Å². The number of imide groups is 2. The molecule has 1 aliphatic heterocycles. The van der Waals surface area contributed by atoms with Crippen LogP contribution in [0.4, 0.5) is 10.5 Å². The van der Waals surface area contributed by atoms with E-state index in [1.54, 1.807) is 30.3 Å². The molecule has 0 aromatic heterocycles. The number of nitrogens with zero attached hydrogens (tertiary/aromatic N) is 1. The van der Waals surface area contributed by atoms with Crippen molar-refractivity contribution in [3.05, 3.63) is 91.9 Å². The molecule has 1 heterocycles. The number of halogens is 2. The summed E-state index contributed by atoms with van der Waals surface area (Å²) < 4.78 is 12.4. The summed E-state index contributed by atoms with van der Waals surface area (Å²) in [5, 5.41) is 2.84. The van der Waals surface area contributed by atoms with Crippen molar-refractivity contribution in [3.8, 4) is 11.5 Å². The SMILES string of the molecule is CCOc1cc(/C=C2\C(=O)NC(=O)N(c3cc(C)cc(C)c3)C2=O)cc(Br)c1OCc1ccccc1Cl. The van der Waals surface area contributed by atoms with Crippen molar-refractivity contribution < 1.29 is 23.9 Å². The Balaban J connectivity index is 1.68. The van der Waals surface area contributed by atoms with Crippen molar-refractivity contribution in [1.29, 1.82) is 0 Å². The molecule has 1 saturated heterocycles. The lowest BCUT2D eigenvalue weighted by Gasteiger charge is -2.27. The van der Waals surface area contributed by atoms with Gasteiger partial charge in [0.1, 0.15) is 12.2 Å². The fraction of sp³-hybridized carbons (Fsp3) is 0.179. The number of ether oxygens (including phenoxy) is 2. The maximum Gasteiger partial charge on any atom is 0.335 e. The zero-order chi connectivity index (χ0) is 26.7. The predicted octanol–water partition coefficient (Wildman–Crippen LogP) is 6.36. The molecule has 1 N–H and O–H groups in total. The average Bonchev–Trinajstić information content (AvgIpc) is 2.82. The number of benzene rings is 3. The summed E-state index contributed by atoms with van der Waals surface area (Å²) in [7, 11) is 0. The molecule has 9 heteroatoms. The highest BCUT2D eigenvalue weighted by Gasteiger charge is 2.37. The molecule has 0 spiro atoms. The molecule has 0 radical (unpaired) electrons. The number of carbonyl (C=O) groups is 3. The second kappa shape index (κ2) is 11.2. The van der Waals surface area contributed by atoms with Crippen molar-refractivity contribution >= 4 is 57.1 Å². The van der Waals surface area contributed by atoms with E-state index < -0.39 is 17.8 Å². The third-order valence-electron chi connectivity index (χ3n) is 5.54. The summed E-state index contributed by atoms with van der Waals surface area (Å²) in [5.41, 5.74) is 3.29. The third kappa shape index (κ3) is 5.87. The highest BCUT2D eigenvalue weighted by Crippen LogP contribution is 2.38. The lowest BCUT2D eigenvalue weighted by Crippen LogP contribution is -2.54. The number of anilines is 1. The second-order valence-electron chi connectivity index (χ2n) is 8.45. The van der Waals surface area contributed by atoms with E-state index in [0.29, 0.717) is 38.9 Å². The van der Waals surface area contributed by atoms with Gasteiger partial charge >= 0.3 is 6.03 Å². The van der Waals surface area contributed by atoms with Gasteiger partial charge in [-0.2, -0.15) is 0 Å². The monoisotopic (exact) mass is 582 g/mol. The van der Waals surface area contributed by atoms with E-state index in [9.17, 15) is 14.4 Å². The van der Waals surface area contributed by atoms with Gasteiger partial charge < -0.3 is 9.47 Å². The van der Waals surface area contributed by atoms with Crippen LogP contribution in [-0.4, -0.2) is 24.5 Å². The minimum Gasteiger partial charge on any atom is -0.490 e. The van der Waals surface area contributed by atoms with Crippen LogP contribution in [0.1, 0.15) is 29.2 Å². The number of amides is 4. The lowest BCUT2D eigenvalue weighted by atomic mass is 10.0. The van der Waals surface area contributed by atoms with Crippen LogP contribution in [0, 0.1) is 13.8 Å². The van der Waals surface area contributed by atoms with Gasteiger partial charge in [-0.25, -0.2) is 9.69 Å². The van der Waals surface area contributed by atoms with Crippen molar-refractivity contribution in [2.75, 3.05) is 11.5 Å². The van der Waals surface area contributed by atoms with Gasteiger partial charge in [-0.1, -0.05) is 35.9 Å². The Kier molecular flexibility index (Phi) is 8.00. The number of hydrogen-bond donors (Lipinski definition) is 1. The normalized spacial score (nSPS) is 14.7. The van der Waals surface area contributed by atoms with Crippen molar-refractivity contribution in [1.82, 2.24) is 5.32 Å². The molecule has 190 valence electrons. The van der Waals surface area contributed by atoms with E-state index in [-0.39, 0.29) is 12.2 Å². The maximum absolute atomic E-state index is 13.3. The summed E-state index contributed by atoms with van der Waals surface area (Å²) in [6.07, 6.45) is 1.42. The smallest absolute Gasteiger partial charge is 0.335 e. The van der Waals surface area contributed by atoms with Crippen molar-refractivity contribution in [2.24, 2.45) is 0 Å². The minimum atomic E-state index is -0.795. The molecule has 4 amide bonds. The van der Waals surface area contributed by atoms with Gasteiger partial charge in [0.2, 0.25) is 0 Å². The van der Waals surface area contributed by atoms with Crippen molar-refractivity contribution in [2.45, 2.75) is 27.4 Å². The van der Waals surface area contributed by atoms with Gasteiger partial charge in [0.25, 0.3) is 11.8 Å². The highest BCUT2D eigenvalue weighted by molar-refractivity contribution is 9.10. The number of rotatable bonds is 7. The first-order valence-electron chi connectivity index (χ1n) is 11.5. The predicted molar refractivity (Wildman–Crippen MR) is 146 cm³/mol. The number of barbiturate groups is 1. The Morgan fingerprint density at radius 1 is 1.00 bits per heavy atom. The molecule has 37 heavy (non-hydrogen) atoms. The number of urea groups is 1. The molecule has 3 aromatic rings. The second-order valence-corrected chi connectivity index (χ2v) is 9.71. The average molecular weight is 584 g/mol. The highest BCUT2D eigenvalue weighted by atomic mass is 79.9. The quantitative estimate of drug-likeness (QED) is 0.258. The number of hydrogen-bond acceptors (Lipinski definition) is 5. The molecule has 1 fully saturated rings. The number of carbonyl (C=O) groups excluding carboxylic acids is 3. The van der Waals surface area contributed by atoms with Crippen LogP contribution >= 0.6 is 27.5 Å². The Labute approximate surface area is 228 Å². The number of nitrogens with one attached hydrogen (secondary N) is 1. The summed E-state index contributed by atoms with van der Waals surface area (Å²) in [5.74, 6) is -0.618. The Morgan fingerprint density at radius 3 is 2.38 bits per heavy atom. The van der Waals surface area contributed by atoms with E-state index in [2.05, 4.69) is 21.2 Å². The third-order valence-corrected chi connectivity index (χ3v) is 6.50. The van der Waals surface area contributed by atoms with Crippen LogP contribution in [0.25, 0.3) is 6.08 Å². The molecule has 0 atom stereocenters. The first-order valence-corrected chi connectivity index (χ1v) is 12.7. The molecule has 1 aliphatic rings. The van der Waals surface area contributed by atoms with Gasteiger partial charge in [-0.05, 0) is 89.8 Å². The fourth-order valence-corrected chi connectivity index (χ4v) is 4.74. The van der Waals surface area contributed by atoms with E-state index >= 15 is 0 Å². The Morgan fingerprint density at radius 2 is 1.70 bits per heavy atom. The minimum absolute atomic E-state index is 0.183. The summed E-state index contributed by atoms with van der Waals surface area (Å²) in [6, 6.07) is 15.3. The van der Waals surface area contributed by atoms with Gasteiger partial charge in [0, 0.05) is 10.6 Å². The molecule has 7 nitrogen and oxygen atoms in total. The van der Waals surface area contributed by atoms with E-state index in [1.807, 2.05) is 45.0 Å². The number of aryl methyl sites for hydroxylation is 2. The molecule has 0 saturated carbocycles. The first kappa shape index (κ1) is 26.4. The largest absolute Gasteiger partial charge is 0.490 e. The van der Waals surface area contributed by atoms with Crippen LogP contribution in [0.5, 0.6) is 11.5 Å². The Bertz CT molecular complexity index is 1420. The molecule has 0 aliphatic carbocycles. The zero-order valence-corrected chi connectivity index (χ0v) is 22.8. The van der Waals surface area contributed by atoms with E-state index in [1.165, 1.54) is 6.08 Å². The summed E-state index contributed by atoms with van der Waals surface area (Å²) in [4.78, 5) is 39.5. The Hall–Kier alpha value is -3.62. The molecular formula is C28H24BrClN2O5. The first-order chi connectivity index (χ1) is 17.7. The molecule has 0 bridgehead atoms. The standard InChI is InChI=1S/C28H24BrClN2O5/c1-4-36-24-14-18(13-22(29)25(24)37-15-19-7-5-6-8-23(19)30)12-21-26(33)31-28(35)32(27(21)34)20-10-16(2)9-17(3)11-20/h5-14H,4,15H2,1-3H3,(H,31,33,35)/b21-12+. The van der Waals surface area contributed by atoms with Crippen LogP contribution in [-0.2, 0) is 16.2 Å².